The van der Waals surface area contributed by atoms with Crippen molar-refractivity contribution in [3.05, 3.63) is 59.5 Å². The molecule has 7 amide bonds. The van der Waals surface area contributed by atoms with Crippen LogP contribution in [0.3, 0.4) is 0 Å². The summed E-state index contributed by atoms with van der Waals surface area (Å²) in [6, 6.07) is 4.20. The van der Waals surface area contributed by atoms with E-state index in [2.05, 4.69) is 70.0 Å². The Labute approximate surface area is 324 Å². The second-order valence-corrected chi connectivity index (χ2v) is 13.2. The Kier molecular flexibility index (Phi) is 18.2. The molecular formula is C34H45Br2N8O9. The van der Waals surface area contributed by atoms with Crippen LogP contribution in [0, 0.1) is 12.8 Å². The number of urea groups is 1. The van der Waals surface area contributed by atoms with Gasteiger partial charge in [-0.3, -0.25) is 28.9 Å². The fourth-order valence-electron chi connectivity index (χ4n) is 4.94. The Bertz CT molecular complexity index is 1550. The number of nitrogens with zero attached hydrogens (tertiary/aromatic N) is 3. The number of fused-ring (bicyclic) bond motifs is 1. The maximum absolute atomic E-state index is 13.3. The van der Waals surface area contributed by atoms with Gasteiger partial charge in [-0.1, -0.05) is 57.8 Å². The number of hydrogen-bond acceptors (Lipinski definition) is 11. The number of imide groups is 1. The van der Waals surface area contributed by atoms with Gasteiger partial charge in [0.05, 0.1) is 51.0 Å². The highest BCUT2D eigenvalue weighted by Crippen LogP contribution is 2.23. The second kappa shape index (κ2) is 22.2. The molecule has 1 aromatic heterocycles. The van der Waals surface area contributed by atoms with E-state index in [0.717, 1.165) is 10.5 Å². The van der Waals surface area contributed by atoms with Crippen LogP contribution >= 0.6 is 31.9 Å². The van der Waals surface area contributed by atoms with Gasteiger partial charge in [0.15, 0.2) is 11.4 Å². The number of carbonyl (C=O) groups excluding carboxylic acids is 6. The molecule has 1 aliphatic heterocycles. The zero-order chi connectivity index (χ0) is 38.9. The summed E-state index contributed by atoms with van der Waals surface area (Å²) in [5.41, 5.74) is 7.63. The molecule has 19 heteroatoms. The minimum Gasteiger partial charge on any atom is -0.377 e. The van der Waals surface area contributed by atoms with Crippen LogP contribution in [0.25, 0.3) is 0 Å². The summed E-state index contributed by atoms with van der Waals surface area (Å²) in [4.78, 5) is 85.2. The topological polar surface area (TPSA) is 233 Å². The van der Waals surface area contributed by atoms with Crippen molar-refractivity contribution in [3.8, 4) is 0 Å². The summed E-state index contributed by atoms with van der Waals surface area (Å²) in [7, 11) is 0. The van der Waals surface area contributed by atoms with Crippen LogP contribution in [0.1, 0.15) is 64.6 Å². The number of nitrogens with two attached hydrogens (primary N) is 1. The van der Waals surface area contributed by atoms with E-state index in [0.29, 0.717) is 34.2 Å². The summed E-state index contributed by atoms with van der Waals surface area (Å²) in [6.45, 7) is 7.96. The van der Waals surface area contributed by atoms with Crippen LogP contribution in [0.2, 0.25) is 0 Å². The normalized spacial score (nSPS) is 13.4. The van der Waals surface area contributed by atoms with E-state index in [1.54, 1.807) is 38.1 Å². The molecule has 6 N–H and O–H groups in total. The fourth-order valence-corrected chi connectivity index (χ4v) is 5.84. The lowest BCUT2D eigenvalue weighted by Crippen LogP contribution is -2.55. The first-order valence-corrected chi connectivity index (χ1v) is 19.1. The number of alkyl halides is 2. The third kappa shape index (κ3) is 13.7. The van der Waals surface area contributed by atoms with E-state index in [4.69, 9.17) is 19.9 Å². The predicted octanol–water partition coefficient (Wildman–Crippen LogP) is 1.81. The number of hydrogen-bond donors (Lipinski definition) is 5. The molecule has 289 valence electrons. The number of aromatic nitrogens is 2. The molecule has 0 saturated carbocycles. The van der Waals surface area contributed by atoms with E-state index >= 15 is 0 Å². The van der Waals surface area contributed by atoms with E-state index in [1.165, 1.54) is 0 Å². The monoisotopic (exact) mass is 867 g/mol. The van der Waals surface area contributed by atoms with Gasteiger partial charge in [0.25, 0.3) is 11.8 Å². The molecule has 0 fully saturated rings. The van der Waals surface area contributed by atoms with Gasteiger partial charge in [0.2, 0.25) is 17.7 Å². The summed E-state index contributed by atoms with van der Waals surface area (Å²) in [6.07, 6.45) is 0.542. The van der Waals surface area contributed by atoms with Crippen molar-refractivity contribution in [1.29, 1.82) is 0 Å². The average Bonchev–Trinajstić information content (AvgIpc) is 3.36. The molecule has 17 nitrogen and oxygen atoms in total. The second-order valence-electron chi connectivity index (χ2n) is 12.1. The first-order chi connectivity index (χ1) is 25.4. The lowest BCUT2D eigenvalue weighted by molar-refractivity contribution is -0.134. The number of amides is 7. The minimum atomic E-state index is -0.968. The molecule has 53 heavy (non-hydrogen) atoms. The Balaban J connectivity index is 1.35. The van der Waals surface area contributed by atoms with Gasteiger partial charge >= 0.3 is 6.03 Å². The molecule has 1 aromatic carbocycles. The number of primary amides is 1. The average molecular weight is 870 g/mol. The molecule has 2 atom stereocenters. The molecule has 0 aliphatic carbocycles. The quantitative estimate of drug-likeness (QED) is 0.0614. The lowest BCUT2D eigenvalue weighted by Gasteiger charge is -2.25. The minimum absolute atomic E-state index is 0.0305. The fraction of sp³-hybridized carbons (Fsp3) is 0.500. The third-order valence-corrected chi connectivity index (χ3v) is 8.79. The summed E-state index contributed by atoms with van der Waals surface area (Å²) < 4.78 is 16.4. The van der Waals surface area contributed by atoms with Gasteiger partial charge in [0, 0.05) is 22.9 Å². The van der Waals surface area contributed by atoms with Crippen LogP contribution in [0.5, 0.6) is 0 Å². The Hall–Kier alpha value is -4.04. The zero-order valence-electron chi connectivity index (χ0n) is 29.6. The lowest BCUT2D eigenvalue weighted by atomic mass is 10.0. The Morgan fingerprint density at radius 2 is 1.42 bits per heavy atom. The van der Waals surface area contributed by atoms with Gasteiger partial charge < -0.3 is 41.2 Å². The van der Waals surface area contributed by atoms with Crippen LogP contribution in [-0.4, -0.2) is 115 Å². The van der Waals surface area contributed by atoms with Gasteiger partial charge in [-0.25, -0.2) is 14.8 Å². The van der Waals surface area contributed by atoms with E-state index in [1.807, 2.05) is 0 Å². The maximum atomic E-state index is 13.3. The summed E-state index contributed by atoms with van der Waals surface area (Å²) in [5, 5.41) is 11.4. The molecule has 3 rings (SSSR count). The van der Waals surface area contributed by atoms with Crippen molar-refractivity contribution in [2.75, 3.05) is 58.0 Å². The number of nitrogens with one attached hydrogen (secondary N) is 4. The van der Waals surface area contributed by atoms with Gasteiger partial charge in [-0.2, -0.15) is 0 Å². The SMILES string of the molecule is [CH2]c1ccc(NC(=O)[C@H](CCCNC(N)=O)NC(=O)[C@@H](NC(=O)COCCOCCOCCN2C(=O)c3nc(CBr)c(CBr)nc3C2=O)C(C)C)cc1. The van der Waals surface area contributed by atoms with Crippen molar-refractivity contribution in [1.82, 2.24) is 30.8 Å². The van der Waals surface area contributed by atoms with Gasteiger partial charge in [0.1, 0.15) is 18.7 Å². The first kappa shape index (κ1) is 43.4. The summed E-state index contributed by atoms with van der Waals surface area (Å²) >= 11 is 6.64. The number of ether oxygens (including phenoxy) is 3. The van der Waals surface area contributed by atoms with Crippen LogP contribution in [0.4, 0.5) is 10.5 Å². The molecule has 0 unspecified atom stereocenters. The number of benzene rings is 1. The standard InChI is InChI=1S/C34H45Br2N8O9/c1-20(2)27(31(47)42-23(5-4-10-38-34(37)50)30(46)39-22-8-6-21(3)7-9-22)43-26(45)19-53-16-15-52-14-13-51-12-11-44-32(48)28-29(33(44)49)41-25(18-36)24(17-35)40-28/h6-9,20,23,27H,3-5,10-19H2,1-2H3,(H,39,46)(H,42,47)(H,43,45)(H3,37,38,50)/t23-,27-/m0/s1. The van der Waals surface area contributed by atoms with Crippen LogP contribution < -0.4 is 27.0 Å². The third-order valence-electron chi connectivity index (χ3n) is 7.72. The molecule has 1 radical (unpaired) electrons. The molecule has 2 heterocycles. The molecule has 0 spiro atoms. The van der Waals surface area contributed by atoms with Crippen molar-refractivity contribution in [3.63, 3.8) is 0 Å². The Morgan fingerprint density at radius 3 is 1.96 bits per heavy atom. The Morgan fingerprint density at radius 1 is 0.849 bits per heavy atom. The van der Waals surface area contributed by atoms with Gasteiger partial charge in [-0.05, 0) is 43.4 Å². The highest BCUT2D eigenvalue weighted by molar-refractivity contribution is 9.09. The number of carbonyl (C=O) groups is 6. The number of rotatable bonds is 23. The highest BCUT2D eigenvalue weighted by Gasteiger charge is 2.39. The van der Waals surface area contributed by atoms with E-state index in [9.17, 15) is 28.8 Å². The number of anilines is 1. The van der Waals surface area contributed by atoms with Crippen molar-refractivity contribution in [2.24, 2.45) is 11.7 Å². The van der Waals surface area contributed by atoms with Crippen LogP contribution in [-0.2, 0) is 39.3 Å². The first-order valence-electron chi connectivity index (χ1n) is 16.8. The molecule has 0 bridgehead atoms. The molecule has 1 aliphatic rings. The van der Waals surface area contributed by atoms with Gasteiger partial charge in [-0.15, -0.1) is 0 Å². The number of halogens is 2. The zero-order valence-corrected chi connectivity index (χ0v) is 32.8. The molecule has 2 aromatic rings. The summed E-state index contributed by atoms with van der Waals surface area (Å²) in [5.74, 6) is -2.92. The molecular weight excluding hydrogens is 824 g/mol. The van der Waals surface area contributed by atoms with E-state index in [-0.39, 0.29) is 76.5 Å². The van der Waals surface area contributed by atoms with Crippen molar-refractivity contribution in [2.45, 2.75) is 49.4 Å². The van der Waals surface area contributed by atoms with Crippen molar-refractivity contribution < 1.29 is 43.0 Å². The smallest absolute Gasteiger partial charge is 0.312 e. The van der Waals surface area contributed by atoms with E-state index < -0.39 is 47.7 Å². The highest BCUT2D eigenvalue weighted by atomic mass is 79.9. The van der Waals surface area contributed by atoms with Crippen molar-refractivity contribution >= 4 is 73.1 Å². The predicted molar refractivity (Wildman–Crippen MR) is 200 cm³/mol. The largest absolute Gasteiger partial charge is 0.377 e. The maximum Gasteiger partial charge on any atom is 0.312 e. The molecule has 0 saturated heterocycles. The van der Waals surface area contributed by atoms with Crippen LogP contribution in [0.15, 0.2) is 24.3 Å².